The highest BCUT2D eigenvalue weighted by atomic mass is 32.2. The van der Waals surface area contributed by atoms with E-state index in [0.717, 1.165) is 23.9 Å². The Bertz CT molecular complexity index is 910. The van der Waals surface area contributed by atoms with E-state index >= 15 is 0 Å². The van der Waals surface area contributed by atoms with Gasteiger partial charge in [-0.15, -0.1) is 10.2 Å². The van der Waals surface area contributed by atoms with E-state index in [1.807, 2.05) is 24.3 Å². The number of halogens is 1. The van der Waals surface area contributed by atoms with Crippen molar-refractivity contribution in [2.75, 3.05) is 16.9 Å². The summed E-state index contributed by atoms with van der Waals surface area (Å²) in [5.74, 6) is 5.65. The Kier molecular flexibility index (Phi) is 5.52. The molecule has 0 radical (unpaired) electrons. The lowest BCUT2D eigenvalue weighted by molar-refractivity contribution is -0.113. The number of benzene rings is 2. The van der Waals surface area contributed by atoms with Crippen LogP contribution in [0.5, 0.6) is 0 Å². The molecular formula is C18H18FN5OS. The first kappa shape index (κ1) is 17.9. The first-order valence-electron chi connectivity index (χ1n) is 8.05. The van der Waals surface area contributed by atoms with Crippen molar-refractivity contribution in [1.29, 1.82) is 0 Å². The van der Waals surface area contributed by atoms with Gasteiger partial charge in [0, 0.05) is 5.69 Å². The summed E-state index contributed by atoms with van der Waals surface area (Å²) in [4.78, 5) is 12.1. The van der Waals surface area contributed by atoms with Gasteiger partial charge in [-0.2, -0.15) is 0 Å². The van der Waals surface area contributed by atoms with E-state index in [4.69, 9.17) is 5.84 Å². The molecule has 0 atom stereocenters. The van der Waals surface area contributed by atoms with E-state index in [-0.39, 0.29) is 23.0 Å². The minimum absolute atomic E-state index is 0.113. The minimum atomic E-state index is -0.434. The number of nitrogens with two attached hydrogens (primary N) is 1. The Hall–Kier alpha value is -2.87. The zero-order chi connectivity index (χ0) is 18.5. The van der Waals surface area contributed by atoms with Crippen molar-refractivity contribution >= 4 is 23.4 Å². The SMILES string of the molecule is CCc1ccc(NC(=O)CSc2nnc(-c3ccccc3F)n2N)cc1. The van der Waals surface area contributed by atoms with Crippen molar-refractivity contribution in [2.45, 2.75) is 18.5 Å². The van der Waals surface area contributed by atoms with E-state index in [1.165, 1.54) is 16.3 Å². The van der Waals surface area contributed by atoms with Crippen molar-refractivity contribution in [1.82, 2.24) is 14.9 Å². The topological polar surface area (TPSA) is 85.8 Å². The van der Waals surface area contributed by atoms with Crippen LogP contribution in [0.1, 0.15) is 12.5 Å². The summed E-state index contributed by atoms with van der Waals surface area (Å²) in [5, 5.41) is 11.0. The number of amides is 1. The molecule has 0 saturated carbocycles. The number of hydrogen-bond donors (Lipinski definition) is 2. The van der Waals surface area contributed by atoms with Crippen LogP contribution in [0.25, 0.3) is 11.4 Å². The van der Waals surface area contributed by atoms with Gasteiger partial charge in [0.2, 0.25) is 11.1 Å². The maximum absolute atomic E-state index is 13.9. The molecule has 0 bridgehead atoms. The van der Waals surface area contributed by atoms with Gasteiger partial charge in [-0.05, 0) is 36.2 Å². The molecule has 3 rings (SSSR count). The molecule has 6 nitrogen and oxygen atoms in total. The van der Waals surface area contributed by atoms with Gasteiger partial charge >= 0.3 is 0 Å². The molecule has 8 heteroatoms. The van der Waals surface area contributed by atoms with Crippen LogP contribution < -0.4 is 11.2 Å². The van der Waals surface area contributed by atoms with Gasteiger partial charge in [0.25, 0.3) is 0 Å². The second-order valence-corrected chi connectivity index (χ2v) is 6.49. The summed E-state index contributed by atoms with van der Waals surface area (Å²) >= 11 is 1.13. The van der Waals surface area contributed by atoms with Crippen molar-refractivity contribution < 1.29 is 9.18 Å². The third kappa shape index (κ3) is 4.02. The average molecular weight is 371 g/mol. The van der Waals surface area contributed by atoms with Gasteiger partial charge in [0.05, 0.1) is 11.3 Å². The largest absolute Gasteiger partial charge is 0.335 e. The number of aromatic nitrogens is 3. The molecule has 2 aromatic carbocycles. The standard InChI is InChI=1S/C18H18FN5OS/c1-2-12-7-9-13(10-8-12)21-16(25)11-26-18-23-22-17(24(18)20)14-5-3-4-6-15(14)19/h3-10H,2,11,20H2,1H3,(H,21,25). The fraction of sp³-hybridized carbons (Fsp3) is 0.167. The third-order valence-electron chi connectivity index (χ3n) is 3.76. The summed E-state index contributed by atoms with van der Waals surface area (Å²) in [6.07, 6.45) is 0.945. The number of nitrogens with zero attached hydrogens (tertiary/aromatic N) is 3. The number of hydrogen-bond acceptors (Lipinski definition) is 5. The average Bonchev–Trinajstić information content (AvgIpc) is 3.01. The summed E-state index contributed by atoms with van der Waals surface area (Å²) in [7, 11) is 0. The molecule has 0 aliphatic carbocycles. The molecule has 0 unspecified atom stereocenters. The van der Waals surface area contributed by atoms with Gasteiger partial charge in [0.15, 0.2) is 5.82 Å². The molecule has 0 aliphatic heterocycles. The predicted molar refractivity (Wildman–Crippen MR) is 101 cm³/mol. The van der Waals surface area contributed by atoms with Crippen LogP contribution >= 0.6 is 11.8 Å². The number of nitrogens with one attached hydrogen (secondary N) is 1. The molecule has 0 fully saturated rings. The smallest absolute Gasteiger partial charge is 0.234 e. The van der Waals surface area contributed by atoms with Crippen molar-refractivity contribution in [3.8, 4) is 11.4 Å². The summed E-state index contributed by atoms with van der Waals surface area (Å²) < 4.78 is 15.1. The quantitative estimate of drug-likeness (QED) is 0.514. The van der Waals surface area contributed by atoms with Crippen LogP contribution in [-0.4, -0.2) is 26.5 Å². The van der Waals surface area contributed by atoms with Crippen molar-refractivity contribution in [3.05, 3.63) is 59.9 Å². The molecule has 134 valence electrons. The number of nitrogen functional groups attached to an aromatic ring is 1. The van der Waals surface area contributed by atoms with Crippen LogP contribution in [0.3, 0.4) is 0 Å². The fourth-order valence-corrected chi connectivity index (χ4v) is 3.01. The molecule has 3 N–H and O–H groups in total. The Morgan fingerprint density at radius 2 is 1.92 bits per heavy atom. The first-order valence-corrected chi connectivity index (χ1v) is 9.04. The Morgan fingerprint density at radius 3 is 2.62 bits per heavy atom. The van der Waals surface area contributed by atoms with Crippen molar-refractivity contribution in [3.63, 3.8) is 0 Å². The Balaban J connectivity index is 1.63. The maximum atomic E-state index is 13.9. The van der Waals surface area contributed by atoms with Crippen LogP contribution in [0.2, 0.25) is 0 Å². The van der Waals surface area contributed by atoms with E-state index in [1.54, 1.807) is 18.2 Å². The molecule has 1 amide bonds. The maximum Gasteiger partial charge on any atom is 0.234 e. The fourth-order valence-electron chi connectivity index (χ4n) is 2.35. The molecule has 3 aromatic rings. The van der Waals surface area contributed by atoms with E-state index < -0.39 is 5.82 Å². The highest BCUT2D eigenvalue weighted by Crippen LogP contribution is 2.23. The lowest BCUT2D eigenvalue weighted by Crippen LogP contribution is -2.16. The number of aryl methyl sites for hydroxylation is 1. The van der Waals surface area contributed by atoms with Crippen LogP contribution in [-0.2, 0) is 11.2 Å². The van der Waals surface area contributed by atoms with Gasteiger partial charge in [0.1, 0.15) is 5.82 Å². The number of anilines is 1. The van der Waals surface area contributed by atoms with E-state index in [0.29, 0.717) is 5.16 Å². The lowest BCUT2D eigenvalue weighted by Gasteiger charge is -2.06. The zero-order valence-corrected chi connectivity index (χ0v) is 15.0. The molecule has 1 heterocycles. The summed E-state index contributed by atoms with van der Waals surface area (Å²) in [6.45, 7) is 2.07. The van der Waals surface area contributed by atoms with Gasteiger partial charge in [-0.1, -0.05) is 43.0 Å². The number of carbonyl (C=O) groups excluding carboxylic acids is 1. The highest BCUT2D eigenvalue weighted by molar-refractivity contribution is 7.99. The van der Waals surface area contributed by atoms with Crippen LogP contribution in [0.4, 0.5) is 10.1 Å². The zero-order valence-electron chi connectivity index (χ0n) is 14.1. The van der Waals surface area contributed by atoms with Gasteiger partial charge in [-0.3, -0.25) is 4.79 Å². The van der Waals surface area contributed by atoms with Gasteiger partial charge < -0.3 is 11.2 Å². The normalized spacial score (nSPS) is 10.7. The molecule has 0 aliphatic rings. The number of rotatable bonds is 6. The lowest BCUT2D eigenvalue weighted by atomic mass is 10.1. The minimum Gasteiger partial charge on any atom is -0.335 e. The number of thioether (sulfide) groups is 1. The van der Waals surface area contributed by atoms with Crippen LogP contribution in [0, 0.1) is 5.82 Å². The molecule has 1 aromatic heterocycles. The first-order chi connectivity index (χ1) is 12.6. The monoisotopic (exact) mass is 371 g/mol. The second kappa shape index (κ2) is 8.01. The molecule has 0 saturated heterocycles. The number of carbonyl (C=O) groups is 1. The summed E-state index contributed by atoms with van der Waals surface area (Å²) in [6, 6.07) is 13.9. The second-order valence-electron chi connectivity index (χ2n) is 5.54. The Morgan fingerprint density at radius 1 is 1.19 bits per heavy atom. The van der Waals surface area contributed by atoms with E-state index in [9.17, 15) is 9.18 Å². The van der Waals surface area contributed by atoms with E-state index in [2.05, 4.69) is 22.4 Å². The molecule has 26 heavy (non-hydrogen) atoms. The third-order valence-corrected chi connectivity index (χ3v) is 4.70. The van der Waals surface area contributed by atoms with Crippen LogP contribution in [0.15, 0.2) is 53.7 Å². The Labute approximate surface area is 154 Å². The highest BCUT2D eigenvalue weighted by Gasteiger charge is 2.16. The van der Waals surface area contributed by atoms with Gasteiger partial charge in [-0.25, -0.2) is 9.07 Å². The predicted octanol–water partition coefficient (Wildman–Crippen LogP) is 3.09. The molecule has 0 spiro atoms. The van der Waals surface area contributed by atoms with Crippen molar-refractivity contribution in [2.24, 2.45) is 0 Å². The summed E-state index contributed by atoms with van der Waals surface area (Å²) in [5.41, 5.74) is 2.19. The molecular weight excluding hydrogens is 353 g/mol.